The topological polar surface area (TPSA) is 62.7 Å². The number of hydrogen-bond donors (Lipinski definition) is 0. The summed E-state index contributed by atoms with van der Waals surface area (Å²) in [7, 11) is 0. The molecule has 17 heavy (non-hydrogen) atoms. The SMILES string of the molecule is N#CCCc1nc(Cc2ccccc2F)no1. The second-order valence-electron chi connectivity index (χ2n) is 3.53. The lowest BCUT2D eigenvalue weighted by atomic mass is 10.1. The van der Waals surface area contributed by atoms with Crippen LogP contribution in [-0.4, -0.2) is 10.1 Å². The molecular formula is C12H10FN3O. The Morgan fingerprint density at radius 2 is 2.18 bits per heavy atom. The monoisotopic (exact) mass is 231 g/mol. The first kappa shape index (κ1) is 11.3. The standard InChI is InChI=1S/C12H10FN3O/c13-10-5-2-1-4-9(10)8-11-15-12(17-16-11)6-3-7-14/h1-2,4-5H,3,6,8H2. The average molecular weight is 231 g/mol. The molecule has 0 fully saturated rings. The maximum absolute atomic E-state index is 13.4. The predicted octanol–water partition coefficient (Wildman–Crippen LogP) is 2.26. The van der Waals surface area contributed by atoms with Crippen LogP contribution >= 0.6 is 0 Å². The molecule has 4 nitrogen and oxygen atoms in total. The summed E-state index contributed by atoms with van der Waals surface area (Å²) in [5, 5.41) is 12.2. The van der Waals surface area contributed by atoms with Gasteiger partial charge in [-0.1, -0.05) is 23.4 Å². The summed E-state index contributed by atoms with van der Waals surface area (Å²) in [6.07, 6.45) is 1.06. The third-order valence-corrected chi connectivity index (χ3v) is 2.27. The normalized spacial score (nSPS) is 10.1. The van der Waals surface area contributed by atoms with E-state index in [9.17, 15) is 4.39 Å². The molecule has 1 heterocycles. The molecule has 0 N–H and O–H groups in total. The van der Waals surface area contributed by atoms with Crippen molar-refractivity contribution < 1.29 is 8.91 Å². The van der Waals surface area contributed by atoms with E-state index in [-0.39, 0.29) is 5.82 Å². The molecule has 0 radical (unpaired) electrons. The molecule has 0 spiro atoms. The summed E-state index contributed by atoms with van der Waals surface area (Å²) in [4.78, 5) is 4.09. The van der Waals surface area contributed by atoms with Crippen LogP contribution in [-0.2, 0) is 12.8 Å². The van der Waals surface area contributed by atoms with Gasteiger partial charge in [-0.3, -0.25) is 0 Å². The molecule has 1 aromatic carbocycles. The fraction of sp³-hybridized carbons (Fsp3) is 0.250. The van der Waals surface area contributed by atoms with Gasteiger partial charge in [-0.05, 0) is 11.6 Å². The second-order valence-corrected chi connectivity index (χ2v) is 3.53. The van der Waals surface area contributed by atoms with Gasteiger partial charge in [0.2, 0.25) is 5.89 Å². The van der Waals surface area contributed by atoms with Gasteiger partial charge < -0.3 is 4.52 Å². The van der Waals surface area contributed by atoms with Crippen molar-refractivity contribution in [2.75, 3.05) is 0 Å². The number of nitriles is 1. The van der Waals surface area contributed by atoms with E-state index in [1.54, 1.807) is 18.2 Å². The van der Waals surface area contributed by atoms with Crippen molar-refractivity contribution >= 4 is 0 Å². The van der Waals surface area contributed by atoms with E-state index in [4.69, 9.17) is 9.78 Å². The van der Waals surface area contributed by atoms with Crippen molar-refractivity contribution in [2.45, 2.75) is 19.3 Å². The van der Waals surface area contributed by atoms with E-state index in [2.05, 4.69) is 10.1 Å². The summed E-state index contributed by atoms with van der Waals surface area (Å²) < 4.78 is 18.3. The van der Waals surface area contributed by atoms with Gasteiger partial charge in [0, 0.05) is 19.3 Å². The summed E-state index contributed by atoms with van der Waals surface area (Å²) in [6, 6.07) is 8.46. The Morgan fingerprint density at radius 3 is 2.94 bits per heavy atom. The van der Waals surface area contributed by atoms with E-state index in [0.29, 0.717) is 36.5 Å². The Balaban J connectivity index is 2.07. The largest absolute Gasteiger partial charge is 0.339 e. The van der Waals surface area contributed by atoms with Crippen molar-refractivity contribution in [3.05, 3.63) is 47.4 Å². The average Bonchev–Trinajstić information content (AvgIpc) is 2.77. The van der Waals surface area contributed by atoms with Gasteiger partial charge in [0.15, 0.2) is 5.82 Å². The fourth-order valence-corrected chi connectivity index (χ4v) is 1.44. The first-order chi connectivity index (χ1) is 8.29. The zero-order chi connectivity index (χ0) is 12.1. The minimum Gasteiger partial charge on any atom is -0.339 e. The molecule has 0 saturated heterocycles. The molecule has 86 valence electrons. The van der Waals surface area contributed by atoms with Gasteiger partial charge in [0.05, 0.1) is 6.07 Å². The van der Waals surface area contributed by atoms with Crippen LogP contribution < -0.4 is 0 Å². The summed E-state index contributed by atoms with van der Waals surface area (Å²) >= 11 is 0. The number of halogens is 1. The highest BCUT2D eigenvalue weighted by Gasteiger charge is 2.09. The number of benzene rings is 1. The molecule has 0 unspecified atom stereocenters. The Morgan fingerprint density at radius 1 is 1.35 bits per heavy atom. The fourth-order valence-electron chi connectivity index (χ4n) is 1.44. The second kappa shape index (κ2) is 5.21. The molecule has 1 aromatic heterocycles. The zero-order valence-electron chi connectivity index (χ0n) is 9.06. The Bertz CT molecular complexity index is 545. The Labute approximate surface area is 97.7 Å². The lowest BCUT2D eigenvalue weighted by Gasteiger charge is -1.97. The van der Waals surface area contributed by atoms with Crippen molar-refractivity contribution in [3.63, 3.8) is 0 Å². The van der Waals surface area contributed by atoms with Crippen LogP contribution in [0.5, 0.6) is 0 Å². The third-order valence-electron chi connectivity index (χ3n) is 2.27. The molecule has 0 aliphatic rings. The smallest absolute Gasteiger partial charge is 0.227 e. The molecule has 2 rings (SSSR count). The van der Waals surface area contributed by atoms with Gasteiger partial charge in [0.1, 0.15) is 5.82 Å². The van der Waals surface area contributed by atoms with Gasteiger partial charge in [-0.2, -0.15) is 10.2 Å². The maximum Gasteiger partial charge on any atom is 0.227 e. The number of aromatic nitrogens is 2. The van der Waals surface area contributed by atoms with Crippen molar-refractivity contribution in [2.24, 2.45) is 0 Å². The first-order valence-electron chi connectivity index (χ1n) is 5.21. The van der Waals surface area contributed by atoms with Gasteiger partial charge >= 0.3 is 0 Å². The minimum absolute atomic E-state index is 0.282. The highest BCUT2D eigenvalue weighted by atomic mass is 19.1. The summed E-state index contributed by atoms with van der Waals surface area (Å²) in [5.41, 5.74) is 0.528. The molecule has 0 atom stereocenters. The summed E-state index contributed by atoms with van der Waals surface area (Å²) in [5.74, 6) is 0.566. The molecule has 0 amide bonds. The lowest BCUT2D eigenvalue weighted by Crippen LogP contribution is -1.94. The van der Waals surface area contributed by atoms with Gasteiger partial charge in [0.25, 0.3) is 0 Å². The van der Waals surface area contributed by atoms with E-state index in [0.717, 1.165) is 0 Å². The Hall–Kier alpha value is -2.22. The molecule has 0 aliphatic carbocycles. The summed E-state index contributed by atoms with van der Waals surface area (Å²) in [6.45, 7) is 0. The van der Waals surface area contributed by atoms with Crippen LogP contribution in [0.25, 0.3) is 0 Å². The van der Waals surface area contributed by atoms with Crippen molar-refractivity contribution in [1.29, 1.82) is 5.26 Å². The van der Waals surface area contributed by atoms with Crippen LogP contribution in [0.4, 0.5) is 4.39 Å². The van der Waals surface area contributed by atoms with Crippen LogP contribution in [0.15, 0.2) is 28.8 Å². The van der Waals surface area contributed by atoms with Crippen molar-refractivity contribution in [3.8, 4) is 6.07 Å². The van der Waals surface area contributed by atoms with Crippen LogP contribution in [0.1, 0.15) is 23.7 Å². The highest BCUT2D eigenvalue weighted by Crippen LogP contribution is 2.11. The number of nitrogens with zero attached hydrogens (tertiary/aromatic N) is 3. The number of hydrogen-bond acceptors (Lipinski definition) is 4. The molecule has 0 saturated carbocycles. The molecule has 2 aromatic rings. The number of rotatable bonds is 4. The molecule has 0 bridgehead atoms. The van der Waals surface area contributed by atoms with E-state index >= 15 is 0 Å². The Kier molecular flexibility index (Phi) is 3.46. The lowest BCUT2D eigenvalue weighted by molar-refractivity contribution is 0.374. The number of aryl methyl sites for hydroxylation is 1. The third kappa shape index (κ3) is 2.88. The van der Waals surface area contributed by atoms with Crippen LogP contribution in [0.3, 0.4) is 0 Å². The minimum atomic E-state index is -0.282. The van der Waals surface area contributed by atoms with Crippen LogP contribution in [0, 0.1) is 17.1 Å². The van der Waals surface area contributed by atoms with E-state index in [1.807, 2.05) is 6.07 Å². The maximum atomic E-state index is 13.4. The van der Waals surface area contributed by atoms with Gasteiger partial charge in [-0.15, -0.1) is 0 Å². The van der Waals surface area contributed by atoms with E-state index in [1.165, 1.54) is 6.07 Å². The van der Waals surface area contributed by atoms with E-state index < -0.39 is 0 Å². The molecular weight excluding hydrogens is 221 g/mol. The molecule has 5 heteroatoms. The quantitative estimate of drug-likeness (QED) is 0.809. The molecule has 0 aliphatic heterocycles. The predicted molar refractivity (Wildman–Crippen MR) is 57.4 cm³/mol. The first-order valence-corrected chi connectivity index (χ1v) is 5.21. The highest BCUT2D eigenvalue weighted by molar-refractivity contribution is 5.20. The van der Waals surface area contributed by atoms with Crippen molar-refractivity contribution in [1.82, 2.24) is 10.1 Å². The van der Waals surface area contributed by atoms with Crippen LogP contribution in [0.2, 0.25) is 0 Å². The van der Waals surface area contributed by atoms with Gasteiger partial charge in [-0.25, -0.2) is 4.39 Å². The zero-order valence-corrected chi connectivity index (χ0v) is 9.06.